The van der Waals surface area contributed by atoms with Crippen molar-refractivity contribution in [3.63, 3.8) is 0 Å². The number of carbonyl (C=O) groups excluding carboxylic acids is 2. The highest BCUT2D eigenvalue weighted by molar-refractivity contribution is 7.92. The first-order valence-corrected chi connectivity index (χ1v) is 12.3. The molecule has 0 aromatic heterocycles. The zero-order valence-electron chi connectivity index (χ0n) is 19.3. The van der Waals surface area contributed by atoms with Crippen molar-refractivity contribution in [2.45, 2.75) is 11.8 Å². The number of sulfonamides is 1. The molecule has 0 saturated heterocycles. The highest BCUT2D eigenvalue weighted by Crippen LogP contribution is 2.34. The van der Waals surface area contributed by atoms with Crippen LogP contribution in [0.15, 0.2) is 71.6 Å². The Morgan fingerprint density at radius 2 is 1.57 bits per heavy atom. The predicted octanol–water partition coefficient (Wildman–Crippen LogP) is 2.96. The largest absolute Gasteiger partial charge is 0.486 e. The van der Waals surface area contributed by atoms with Gasteiger partial charge >= 0.3 is 0 Å². The topological polar surface area (TPSA) is 114 Å². The van der Waals surface area contributed by atoms with Crippen LogP contribution >= 0.6 is 0 Å². The lowest BCUT2D eigenvalue weighted by Gasteiger charge is -2.25. The third-order valence-electron chi connectivity index (χ3n) is 5.37. The molecule has 1 aliphatic rings. The number of carbonyl (C=O) groups is 2. The van der Waals surface area contributed by atoms with Gasteiger partial charge in [0.05, 0.1) is 10.6 Å². The number of nitrogens with zero attached hydrogens (tertiary/aromatic N) is 1. The lowest BCUT2D eigenvalue weighted by atomic mass is 10.2. The second-order valence-electron chi connectivity index (χ2n) is 7.86. The highest BCUT2D eigenvalue weighted by atomic mass is 32.2. The van der Waals surface area contributed by atoms with Crippen LogP contribution in [0.3, 0.4) is 0 Å². The van der Waals surface area contributed by atoms with Gasteiger partial charge in [0.2, 0.25) is 5.91 Å². The lowest BCUT2D eigenvalue weighted by molar-refractivity contribution is -0.114. The maximum absolute atomic E-state index is 13.6. The van der Waals surface area contributed by atoms with Gasteiger partial charge in [-0.25, -0.2) is 8.42 Å². The molecule has 0 atom stereocenters. The van der Waals surface area contributed by atoms with Crippen LogP contribution in [0.1, 0.15) is 15.9 Å². The van der Waals surface area contributed by atoms with Gasteiger partial charge in [0.15, 0.2) is 11.5 Å². The number of hydrogen-bond donors (Lipinski definition) is 2. The maximum atomic E-state index is 13.6. The van der Waals surface area contributed by atoms with E-state index in [0.29, 0.717) is 41.7 Å². The third-order valence-corrected chi connectivity index (χ3v) is 7.14. The molecule has 0 spiro atoms. The molecular weight excluding hydrogens is 470 g/mol. The van der Waals surface area contributed by atoms with Gasteiger partial charge in [-0.2, -0.15) is 0 Å². The molecule has 4 rings (SSSR count). The summed E-state index contributed by atoms with van der Waals surface area (Å²) in [7, 11) is -2.60. The zero-order valence-corrected chi connectivity index (χ0v) is 20.1. The minimum atomic E-state index is -4.13. The number of anilines is 2. The second kappa shape index (κ2) is 10.1. The van der Waals surface area contributed by atoms with Gasteiger partial charge < -0.3 is 20.1 Å². The number of ether oxygens (including phenoxy) is 2. The minimum Gasteiger partial charge on any atom is -0.486 e. The summed E-state index contributed by atoms with van der Waals surface area (Å²) in [5, 5.41) is 5.21. The van der Waals surface area contributed by atoms with E-state index in [1.807, 2.05) is 6.92 Å². The fourth-order valence-corrected chi connectivity index (χ4v) is 4.95. The normalized spacial score (nSPS) is 12.5. The Labute approximate surface area is 203 Å². The molecular formula is C25H25N3O6S. The Morgan fingerprint density at radius 3 is 2.23 bits per heavy atom. The number of nitrogens with one attached hydrogen (secondary N) is 2. The summed E-state index contributed by atoms with van der Waals surface area (Å²) in [6.45, 7) is 2.13. The summed E-state index contributed by atoms with van der Waals surface area (Å²) in [5.74, 6) is 0.00945. The second-order valence-corrected chi connectivity index (χ2v) is 9.72. The average Bonchev–Trinajstić information content (AvgIpc) is 2.87. The molecule has 3 aromatic rings. The van der Waals surface area contributed by atoms with Crippen LogP contribution in [0.5, 0.6) is 11.5 Å². The molecule has 182 valence electrons. The molecule has 0 saturated carbocycles. The number of aryl methyl sites for hydroxylation is 1. The summed E-state index contributed by atoms with van der Waals surface area (Å²) < 4.78 is 39.4. The first kappa shape index (κ1) is 24.1. The molecule has 0 bridgehead atoms. The van der Waals surface area contributed by atoms with Crippen molar-refractivity contribution in [3.05, 3.63) is 77.9 Å². The molecule has 0 unspecified atom stereocenters. The molecule has 35 heavy (non-hydrogen) atoms. The van der Waals surface area contributed by atoms with E-state index in [2.05, 4.69) is 10.6 Å². The van der Waals surface area contributed by atoms with Crippen molar-refractivity contribution >= 4 is 33.2 Å². The maximum Gasteiger partial charge on any atom is 0.264 e. The van der Waals surface area contributed by atoms with E-state index in [0.717, 1.165) is 9.87 Å². The SMILES string of the molecule is CNC(=O)c1ccc(NC(=O)CN(c2ccc(C)cc2)S(=O)(=O)c2ccc3c(c2)OCCO3)cc1. The van der Waals surface area contributed by atoms with Crippen molar-refractivity contribution < 1.29 is 27.5 Å². The van der Waals surface area contributed by atoms with E-state index >= 15 is 0 Å². The fraction of sp³-hybridized carbons (Fsp3) is 0.200. The van der Waals surface area contributed by atoms with Gasteiger partial charge in [0, 0.05) is 24.4 Å². The minimum absolute atomic E-state index is 0.0231. The molecule has 3 aromatic carbocycles. The summed E-state index contributed by atoms with van der Waals surface area (Å²) in [4.78, 5) is 24.6. The molecule has 9 nitrogen and oxygen atoms in total. The van der Waals surface area contributed by atoms with Crippen LogP contribution in [0, 0.1) is 6.92 Å². The number of benzene rings is 3. The van der Waals surface area contributed by atoms with E-state index < -0.39 is 22.5 Å². The number of rotatable bonds is 7. The Balaban J connectivity index is 1.61. The number of fused-ring (bicyclic) bond motifs is 1. The molecule has 2 amide bonds. The summed E-state index contributed by atoms with van der Waals surface area (Å²) in [5.41, 5.74) is 2.16. The van der Waals surface area contributed by atoms with Crippen molar-refractivity contribution in [1.82, 2.24) is 5.32 Å². The van der Waals surface area contributed by atoms with E-state index in [9.17, 15) is 18.0 Å². The lowest BCUT2D eigenvalue weighted by Crippen LogP contribution is -2.38. The summed E-state index contributed by atoms with van der Waals surface area (Å²) in [6.07, 6.45) is 0. The van der Waals surface area contributed by atoms with Gasteiger partial charge in [0.1, 0.15) is 19.8 Å². The molecule has 0 aliphatic carbocycles. The first-order chi connectivity index (χ1) is 16.8. The predicted molar refractivity (Wildman–Crippen MR) is 132 cm³/mol. The van der Waals surface area contributed by atoms with Gasteiger partial charge in [-0.05, 0) is 55.5 Å². The van der Waals surface area contributed by atoms with E-state index in [1.165, 1.54) is 19.2 Å². The Morgan fingerprint density at radius 1 is 0.914 bits per heavy atom. The van der Waals surface area contributed by atoms with Crippen molar-refractivity contribution in [2.75, 3.05) is 36.4 Å². The van der Waals surface area contributed by atoms with Crippen LogP contribution in [0.2, 0.25) is 0 Å². The van der Waals surface area contributed by atoms with Crippen molar-refractivity contribution in [2.24, 2.45) is 0 Å². The Kier molecular flexibility index (Phi) is 6.92. The van der Waals surface area contributed by atoms with Crippen molar-refractivity contribution in [3.8, 4) is 11.5 Å². The zero-order chi connectivity index (χ0) is 25.0. The van der Waals surface area contributed by atoms with E-state index in [1.54, 1.807) is 54.6 Å². The standard InChI is InChI=1S/C25H25N3O6S/c1-17-3-9-20(10-4-17)28(16-24(29)27-19-7-5-18(6-8-19)25(30)26-2)35(31,32)21-11-12-22-23(15-21)34-14-13-33-22/h3-12,15H,13-14,16H2,1-2H3,(H,26,30)(H,27,29). The van der Waals surface area contributed by atoms with Crippen LogP contribution < -0.4 is 24.4 Å². The summed E-state index contributed by atoms with van der Waals surface area (Å²) >= 11 is 0. The van der Waals surface area contributed by atoms with Gasteiger partial charge in [-0.3, -0.25) is 13.9 Å². The van der Waals surface area contributed by atoms with Crippen molar-refractivity contribution in [1.29, 1.82) is 0 Å². The quantitative estimate of drug-likeness (QED) is 0.521. The Hall–Kier alpha value is -4.05. The van der Waals surface area contributed by atoms with Crippen LogP contribution in [-0.2, 0) is 14.8 Å². The molecule has 0 radical (unpaired) electrons. The number of hydrogen-bond acceptors (Lipinski definition) is 6. The molecule has 1 heterocycles. The smallest absolute Gasteiger partial charge is 0.264 e. The van der Waals surface area contributed by atoms with E-state index in [-0.39, 0.29) is 10.8 Å². The Bertz CT molecular complexity index is 1340. The molecule has 10 heteroatoms. The van der Waals surface area contributed by atoms with Crippen LogP contribution in [0.4, 0.5) is 11.4 Å². The van der Waals surface area contributed by atoms with Crippen LogP contribution in [-0.4, -0.2) is 47.0 Å². The average molecular weight is 496 g/mol. The highest BCUT2D eigenvalue weighted by Gasteiger charge is 2.29. The summed E-state index contributed by atoms with van der Waals surface area (Å²) in [6, 6.07) is 17.5. The van der Waals surface area contributed by atoms with Gasteiger partial charge in [-0.15, -0.1) is 0 Å². The monoisotopic (exact) mass is 495 g/mol. The molecule has 0 fully saturated rings. The van der Waals surface area contributed by atoms with Crippen LogP contribution in [0.25, 0.3) is 0 Å². The van der Waals surface area contributed by atoms with Gasteiger partial charge in [0.25, 0.3) is 15.9 Å². The fourth-order valence-electron chi connectivity index (χ4n) is 3.52. The first-order valence-electron chi connectivity index (χ1n) is 10.9. The molecule has 2 N–H and O–H groups in total. The molecule has 1 aliphatic heterocycles. The third kappa shape index (κ3) is 5.38. The number of amides is 2. The van der Waals surface area contributed by atoms with E-state index in [4.69, 9.17) is 9.47 Å². The van der Waals surface area contributed by atoms with Gasteiger partial charge in [-0.1, -0.05) is 17.7 Å².